The summed E-state index contributed by atoms with van der Waals surface area (Å²) < 4.78 is 0. The molecule has 0 radical (unpaired) electrons. The van der Waals surface area contributed by atoms with E-state index in [9.17, 15) is 0 Å². The van der Waals surface area contributed by atoms with Crippen LogP contribution in [0.4, 0.5) is 0 Å². The lowest BCUT2D eigenvalue weighted by Gasteiger charge is -2.24. The summed E-state index contributed by atoms with van der Waals surface area (Å²) in [6, 6.07) is 1.50. The highest BCUT2D eigenvalue weighted by molar-refractivity contribution is 4.73. The van der Waals surface area contributed by atoms with Gasteiger partial charge in [0.2, 0.25) is 0 Å². The average molecular weight is 171 g/mol. The first-order chi connectivity index (χ1) is 5.79. The van der Waals surface area contributed by atoms with Gasteiger partial charge in [0.25, 0.3) is 0 Å². The van der Waals surface area contributed by atoms with Crippen molar-refractivity contribution in [2.75, 3.05) is 0 Å². The van der Waals surface area contributed by atoms with Crippen molar-refractivity contribution < 1.29 is 0 Å². The van der Waals surface area contributed by atoms with Gasteiger partial charge in [-0.1, -0.05) is 47.0 Å². The van der Waals surface area contributed by atoms with Crippen molar-refractivity contribution in [3.05, 3.63) is 0 Å². The third-order valence-electron chi connectivity index (χ3n) is 2.17. The largest absolute Gasteiger partial charge is 0.312 e. The van der Waals surface area contributed by atoms with Crippen LogP contribution in [0.2, 0.25) is 0 Å². The lowest BCUT2D eigenvalue weighted by molar-refractivity contribution is 0.352. The summed E-state index contributed by atoms with van der Waals surface area (Å²) in [5.41, 5.74) is 0. The Labute approximate surface area is 77.9 Å². The second kappa shape index (κ2) is 7.60. The van der Waals surface area contributed by atoms with Crippen molar-refractivity contribution >= 4 is 0 Å². The minimum atomic E-state index is 0.670. The summed E-state index contributed by atoms with van der Waals surface area (Å²) in [5, 5.41) is 3.58. The Kier molecular flexibility index (Phi) is 7.58. The van der Waals surface area contributed by atoms with Gasteiger partial charge in [0.1, 0.15) is 0 Å². The van der Waals surface area contributed by atoms with Gasteiger partial charge in [-0.05, 0) is 12.8 Å². The highest BCUT2D eigenvalue weighted by Gasteiger charge is 2.12. The van der Waals surface area contributed by atoms with E-state index in [4.69, 9.17) is 0 Å². The molecule has 1 aliphatic carbocycles. The maximum absolute atomic E-state index is 3.58. The molecule has 1 saturated carbocycles. The van der Waals surface area contributed by atoms with Crippen molar-refractivity contribution in [2.45, 2.75) is 71.9 Å². The molecule has 0 heterocycles. The number of rotatable bonds is 2. The normalized spacial score (nSPS) is 18.8. The minimum absolute atomic E-state index is 0.670. The summed E-state index contributed by atoms with van der Waals surface area (Å²) in [6.07, 6.45) is 7.13. The van der Waals surface area contributed by atoms with Crippen LogP contribution in [0.25, 0.3) is 0 Å². The highest BCUT2D eigenvalue weighted by atomic mass is 14.9. The van der Waals surface area contributed by atoms with E-state index in [-0.39, 0.29) is 0 Å². The van der Waals surface area contributed by atoms with Crippen LogP contribution < -0.4 is 5.32 Å². The monoisotopic (exact) mass is 171 g/mol. The number of hydrogen-bond acceptors (Lipinski definition) is 1. The lowest BCUT2D eigenvalue weighted by Crippen LogP contribution is -2.35. The molecule has 0 aromatic carbocycles. The van der Waals surface area contributed by atoms with E-state index in [0.29, 0.717) is 6.04 Å². The fourth-order valence-corrected chi connectivity index (χ4v) is 1.74. The SMILES string of the molecule is CC.CC(C)NC1CCCCC1. The Morgan fingerprint density at radius 2 is 1.50 bits per heavy atom. The average Bonchev–Trinajstić information content (AvgIpc) is 2.08. The van der Waals surface area contributed by atoms with Gasteiger partial charge in [-0.25, -0.2) is 0 Å². The predicted octanol–water partition coefficient (Wildman–Crippen LogP) is 3.34. The molecule has 0 unspecified atom stereocenters. The third kappa shape index (κ3) is 5.59. The molecule has 1 fully saturated rings. The van der Waals surface area contributed by atoms with Crippen molar-refractivity contribution in [1.29, 1.82) is 0 Å². The van der Waals surface area contributed by atoms with Crippen LogP contribution in [0.3, 0.4) is 0 Å². The zero-order valence-corrected chi connectivity index (χ0v) is 9.19. The molecule has 0 aromatic heterocycles. The van der Waals surface area contributed by atoms with Crippen molar-refractivity contribution in [3.8, 4) is 0 Å². The maximum Gasteiger partial charge on any atom is 0.00694 e. The van der Waals surface area contributed by atoms with E-state index in [2.05, 4.69) is 19.2 Å². The van der Waals surface area contributed by atoms with E-state index in [1.165, 1.54) is 32.1 Å². The van der Waals surface area contributed by atoms with E-state index in [1.807, 2.05) is 13.8 Å². The summed E-state index contributed by atoms with van der Waals surface area (Å²) in [5.74, 6) is 0. The second-order valence-corrected chi connectivity index (χ2v) is 3.66. The van der Waals surface area contributed by atoms with Crippen LogP contribution in [-0.4, -0.2) is 12.1 Å². The van der Waals surface area contributed by atoms with Crippen molar-refractivity contribution in [3.63, 3.8) is 0 Å². The number of nitrogens with one attached hydrogen (secondary N) is 1. The van der Waals surface area contributed by atoms with E-state index >= 15 is 0 Å². The molecule has 0 saturated heterocycles. The quantitative estimate of drug-likeness (QED) is 0.672. The molecule has 74 valence electrons. The van der Waals surface area contributed by atoms with Gasteiger partial charge in [-0.15, -0.1) is 0 Å². The van der Waals surface area contributed by atoms with E-state index in [1.54, 1.807) is 0 Å². The first kappa shape index (κ1) is 12.0. The third-order valence-corrected chi connectivity index (χ3v) is 2.17. The summed E-state index contributed by atoms with van der Waals surface area (Å²) in [6.45, 7) is 8.46. The Morgan fingerprint density at radius 1 is 1.00 bits per heavy atom. The van der Waals surface area contributed by atoms with Crippen LogP contribution in [0.1, 0.15) is 59.8 Å². The Balaban J connectivity index is 0.000000561. The van der Waals surface area contributed by atoms with Crippen LogP contribution in [0, 0.1) is 0 Å². The Morgan fingerprint density at radius 3 is 1.92 bits per heavy atom. The van der Waals surface area contributed by atoms with Gasteiger partial charge in [-0.2, -0.15) is 0 Å². The standard InChI is InChI=1S/C9H19N.C2H6/c1-8(2)10-9-6-4-3-5-7-9;1-2/h8-10H,3-7H2,1-2H3;1-2H3. The Bertz CT molecular complexity index is 83.0. The van der Waals surface area contributed by atoms with Gasteiger partial charge >= 0.3 is 0 Å². The van der Waals surface area contributed by atoms with Crippen LogP contribution in [0.5, 0.6) is 0 Å². The molecule has 0 aromatic rings. The minimum Gasteiger partial charge on any atom is -0.312 e. The zero-order chi connectivity index (χ0) is 9.40. The molecule has 1 N–H and O–H groups in total. The van der Waals surface area contributed by atoms with Gasteiger partial charge in [0, 0.05) is 12.1 Å². The molecular weight excluding hydrogens is 146 g/mol. The van der Waals surface area contributed by atoms with E-state index < -0.39 is 0 Å². The molecule has 1 nitrogen and oxygen atoms in total. The first-order valence-corrected chi connectivity index (χ1v) is 5.55. The first-order valence-electron chi connectivity index (χ1n) is 5.55. The van der Waals surface area contributed by atoms with Crippen molar-refractivity contribution in [1.82, 2.24) is 5.32 Å². The van der Waals surface area contributed by atoms with Gasteiger partial charge in [0.05, 0.1) is 0 Å². The van der Waals surface area contributed by atoms with Crippen molar-refractivity contribution in [2.24, 2.45) is 0 Å². The van der Waals surface area contributed by atoms with Crippen LogP contribution in [-0.2, 0) is 0 Å². The fourth-order valence-electron chi connectivity index (χ4n) is 1.74. The number of hydrogen-bond donors (Lipinski definition) is 1. The highest BCUT2D eigenvalue weighted by Crippen LogP contribution is 2.17. The molecule has 12 heavy (non-hydrogen) atoms. The molecule has 0 spiro atoms. The smallest absolute Gasteiger partial charge is 0.00694 e. The molecular formula is C11H25N. The molecule has 0 bridgehead atoms. The van der Waals surface area contributed by atoms with Gasteiger partial charge in [-0.3, -0.25) is 0 Å². The second-order valence-electron chi connectivity index (χ2n) is 3.66. The predicted molar refractivity (Wildman–Crippen MR) is 56.5 cm³/mol. The summed E-state index contributed by atoms with van der Waals surface area (Å²) in [7, 11) is 0. The molecule has 0 atom stereocenters. The summed E-state index contributed by atoms with van der Waals surface area (Å²) in [4.78, 5) is 0. The molecule has 1 heteroatoms. The van der Waals surface area contributed by atoms with Crippen LogP contribution in [0.15, 0.2) is 0 Å². The zero-order valence-electron chi connectivity index (χ0n) is 9.19. The molecule has 0 amide bonds. The fraction of sp³-hybridized carbons (Fsp3) is 1.00. The lowest BCUT2D eigenvalue weighted by atomic mass is 9.95. The van der Waals surface area contributed by atoms with E-state index in [0.717, 1.165) is 6.04 Å². The topological polar surface area (TPSA) is 12.0 Å². The molecule has 1 rings (SSSR count). The van der Waals surface area contributed by atoms with Crippen LogP contribution >= 0.6 is 0 Å². The molecule has 0 aliphatic heterocycles. The maximum atomic E-state index is 3.58. The Hall–Kier alpha value is -0.0400. The van der Waals surface area contributed by atoms with Gasteiger partial charge < -0.3 is 5.32 Å². The summed E-state index contributed by atoms with van der Waals surface area (Å²) >= 11 is 0. The molecule has 1 aliphatic rings. The van der Waals surface area contributed by atoms with Gasteiger partial charge in [0.15, 0.2) is 0 Å².